The maximum absolute atomic E-state index is 13.0. The largest absolute Gasteiger partial charge is 0.457 e. The van der Waals surface area contributed by atoms with Crippen LogP contribution in [0.5, 0.6) is 23.0 Å². The Morgan fingerprint density at radius 1 is 0.750 bits per heavy atom. The van der Waals surface area contributed by atoms with Gasteiger partial charge in [0, 0.05) is 37.3 Å². The molecule has 4 aromatic rings. The summed E-state index contributed by atoms with van der Waals surface area (Å²) in [5, 5.41) is 8.84. The van der Waals surface area contributed by atoms with Gasteiger partial charge in [0.25, 0.3) is 5.91 Å². The maximum Gasteiger partial charge on any atom is 0.253 e. The normalized spacial score (nSPS) is 14.6. The maximum atomic E-state index is 13.0. The number of fused-ring (bicyclic) bond motifs is 1. The van der Waals surface area contributed by atoms with Crippen molar-refractivity contribution in [1.29, 1.82) is 0 Å². The average molecular weight is 481 g/mol. The minimum absolute atomic E-state index is 0.0187. The van der Waals surface area contributed by atoms with E-state index < -0.39 is 0 Å². The van der Waals surface area contributed by atoms with E-state index in [0.29, 0.717) is 37.5 Å². The van der Waals surface area contributed by atoms with Crippen molar-refractivity contribution in [1.82, 2.24) is 15.1 Å². The van der Waals surface area contributed by atoms with Crippen molar-refractivity contribution in [3.8, 4) is 34.3 Å². The third-order valence-corrected chi connectivity index (χ3v) is 6.29. The van der Waals surface area contributed by atoms with E-state index in [-0.39, 0.29) is 12.7 Å². The molecular weight excluding hydrogens is 456 g/mol. The number of carbonyl (C=O) groups is 1. The van der Waals surface area contributed by atoms with Gasteiger partial charge in [0.2, 0.25) is 6.79 Å². The molecule has 6 rings (SSSR count). The van der Waals surface area contributed by atoms with Gasteiger partial charge in [-0.3, -0.25) is 4.79 Å². The van der Waals surface area contributed by atoms with Gasteiger partial charge >= 0.3 is 0 Å². The molecule has 0 spiro atoms. The number of hydrogen-bond donors (Lipinski definition) is 0. The monoisotopic (exact) mass is 480 g/mol. The van der Waals surface area contributed by atoms with Crippen LogP contribution in [0.15, 0.2) is 84.9 Å². The molecule has 0 bridgehead atoms. The van der Waals surface area contributed by atoms with E-state index in [4.69, 9.17) is 14.2 Å². The Morgan fingerprint density at radius 2 is 1.50 bits per heavy atom. The summed E-state index contributed by atoms with van der Waals surface area (Å²) in [6, 6.07) is 26.5. The zero-order valence-electron chi connectivity index (χ0n) is 19.5. The van der Waals surface area contributed by atoms with E-state index in [9.17, 15) is 4.79 Å². The molecule has 8 nitrogen and oxygen atoms in total. The summed E-state index contributed by atoms with van der Waals surface area (Å²) < 4.78 is 16.6. The quantitative estimate of drug-likeness (QED) is 0.412. The summed E-state index contributed by atoms with van der Waals surface area (Å²) in [6.07, 6.45) is 0. The van der Waals surface area contributed by atoms with E-state index in [0.717, 1.165) is 34.3 Å². The fourth-order valence-electron chi connectivity index (χ4n) is 4.32. The van der Waals surface area contributed by atoms with Gasteiger partial charge in [-0.05, 0) is 66.7 Å². The second kappa shape index (κ2) is 9.58. The van der Waals surface area contributed by atoms with E-state index in [2.05, 4.69) is 15.1 Å². The highest BCUT2D eigenvalue weighted by Crippen LogP contribution is 2.35. The van der Waals surface area contributed by atoms with Crippen molar-refractivity contribution in [3.05, 3.63) is 90.5 Å². The fourth-order valence-corrected chi connectivity index (χ4v) is 4.32. The number of anilines is 1. The van der Waals surface area contributed by atoms with Crippen LogP contribution < -0.4 is 19.1 Å². The smallest absolute Gasteiger partial charge is 0.253 e. The number of rotatable bonds is 5. The van der Waals surface area contributed by atoms with Gasteiger partial charge in [-0.2, -0.15) is 0 Å². The summed E-state index contributed by atoms with van der Waals surface area (Å²) in [6.45, 7) is 2.86. The molecule has 1 saturated heterocycles. The lowest BCUT2D eigenvalue weighted by molar-refractivity contribution is 0.0746. The molecule has 1 fully saturated rings. The molecule has 2 aliphatic heterocycles. The van der Waals surface area contributed by atoms with Crippen molar-refractivity contribution in [2.75, 3.05) is 37.9 Å². The summed E-state index contributed by atoms with van der Waals surface area (Å²) in [5.74, 6) is 3.74. The van der Waals surface area contributed by atoms with Crippen LogP contribution in [-0.4, -0.2) is 54.0 Å². The fraction of sp³-hybridized carbons (Fsp3) is 0.179. The Bertz CT molecular complexity index is 1350. The topological polar surface area (TPSA) is 77.0 Å². The van der Waals surface area contributed by atoms with Gasteiger partial charge in [-0.1, -0.05) is 18.2 Å². The highest BCUT2D eigenvalue weighted by Gasteiger charge is 2.23. The number of piperazine rings is 1. The number of nitrogens with zero attached hydrogens (tertiary/aromatic N) is 4. The first-order valence-corrected chi connectivity index (χ1v) is 11.8. The van der Waals surface area contributed by atoms with Crippen molar-refractivity contribution < 1.29 is 19.0 Å². The molecule has 2 aliphatic rings. The summed E-state index contributed by atoms with van der Waals surface area (Å²) >= 11 is 0. The van der Waals surface area contributed by atoms with Crippen LogP contribution in [0, 0.1) is 0 Å². The lowest BCUT2D eigenvalue weighted by Gasteiger charge is -2.35. The van der Waals surface area contributed by atoms with Gasteiger partial charge in [0.05, 0.1) is 5.69 Å². The molecule has 0 aliphatic carbocycles. The zero-order chi connectivity index (χ0) is 24.3. The summed E-state index contributed by atoms with van der Waals surface area (Å²) in [4.78, 5) is 17.0. The van der Waals surface area contributed by atoms with E-state index in [1.807, 2.05) is 89.8 Å². The molecule has 36 heavy (non-hydrogen) atoms. The first kappa shape index (κ1) is 21.9. The minimum Gasteiger partial charge on any atom is -0.457 e. The van der Waals surface area contributed by atoms with Crippen LogP contribution in [-0.2, 0) is 0 Å². The molecule has 3 heterocycles. The van der Waals surface area contributed by atoms with Gasteiger partial charge in [-0.25, -0.2) is 0 Å². The van der Waals surface area contributed by atoms with Gasteiger partial charge in [-0.15, -0.1) is 10.2 Å². The Hall–Kier alpha value is -4.59. The van der Waals surface area contributed by atoms with E-state index >= 15 is 0 Å². The zero-order valence-corrected chi connectivity index (χ0v) is 19.5. The van der Waals surface area contributed by atoms with Crippen LogP contribution in [0.2, 0.25) is 0 Å². The Labute approximate surface area is 208 Å². The highest BCUT2D eigenvalue weighted by molar-refractivity contribution is 5.94. The third kappa shape index (κ3) is 4.53. The molecular formula is C28H24N4O4. The number of amides is 1. The van der Waals surface area contributed by atoms with Gasteiger partial charge in [0.15, 0.2) is 17.3 Å². The molecule has 0 N–H and O–H groups in total. The van der Waals surface area contributed by atoms with Gasteiger partial charge < -0.3 is 24.0 Å². The van der Waals surface area contributed by atoms with Crippen LogP contribution in [0.4, 0.5) is 5.82 Å². The molecule has 0 atom stereocenters. The van der Waals surface area contributed by atoms with E-state index in [1.165, 1.54) is 0 Å². The molecule has 0 radical (unpaired) electrons. The lowest BCUT2D eigenvalue weighted by Crippen LogP contribution is -2.49. The number of aromatic nitrogens is 2. The summed E-state index contributed by atoms with van der Waals surface area (Å²) in [5.41, 5.74) is 2.34. The second-order valence-corrected chi connectivity index (χ2v) is 8.56. The van der Waals surface area contributed by atoms with Gasteiger partial charge in [0.1, 0.15) is 11.5 Å². The first-order valence-electron chi connectivity index (χ1n) is 11.8. The average Bonchev–Trinajstić information content (AvgIpc) is 3.42. The molecule has 8 heteroatoms. The van der Waals surface area contributed by atoms with Crippen LogP contribution in [0.1, 0.15) is 10.4 Å². The highest BCUT2D eigenvalue weighted by atomic mass is 16.7. The summed E-state index contributed by atoms with van der Waals surface area (Å²) in [7, 11) is 0. The molecule has 180 valence electrons. The predicted octanol–water partition coefficient (Wildman–Crippen LogP) is 4.63. The number of para-hydroxylation sites is 1. The lowest BCUT2D eigenvalue weighted by atomic mass is 10.1. The van der Waals surface area contributed by atoms with Crippen LogP contribution in [0.25, 0.3) is 11.3 Å². The minimum atomic E-state index is 0.0187. The van der Waals surface area contributed by atoms with Crippen molar-refractivity contribution in [2.45, 2.75) is 0 Å². The molecule has 3 aromatic carbocycles. The van der Waals surface area contributed by atoms with Crippen LogP contribution in [0.3, 0.4) is 0 Å². The van der Waals surface area contributed by atoms with E-state index in [1.54, 1.807) is 0 Å². The Kier molecular flexibility index (Phi) is 5.83. The first-order chi connectivity index (χ1) is 17.7. The van der Waals surface area contributed by atoms with Crippen molar-refractivity contribution in [3.63, 3.8) is 0 Å². The van der Waals surface area contributed by atoms with Crippen molar-refractivity contribution >= 4 is 11.7 Å². The number of ether oxygens (including phenoxy) is 3. The standard InChI is InChI=1S/C28H24N4O4/c33-28(20-6-9-23(10-7-20)36-22-4-2-1-3-5-22)32-16-14-31(15-17-32)27-13-11-24(29-30-27)21-8-12-25-26(18-21)35-19-34-25/h1-13,18H,14-17,19H2. The molecule has 0 saturated carbocycles. The Balaban J connectivity index is 1.05. The SMILES string of the molecule is O=C(c1ccc(Oc2ccccc2)cc1)N1CCN(c2ccc(-c3ccc4c(c3)OCO4)nn2)CC1. The number of benzene rings is 3. The van der Waals surface area contributed by atoms with Crippen molar-refractivity contribution in [2.24, 2.45) is 0 Å². The number of carbonyl (C=O) groups excluding carboxylic acids is 1. The molecule has 1 amide bonds. The molecule has 0 unspecified atom stereocenters. The second-order valence-electron chi connectivity index (χ2n) is 8.56. The third-order valence-electron chi connectivity index (χ3n) is 6.29. The number of hydrogen-bond acceptors (Lipinski definition) is 7. The predicted molar refractivity (Wildman–Crippen MR) is 135 cm³/mol. The van der Waals surface area contributed by atoms with Crippen LogP contribution >= 0.6 is 0 Å². The molecule has 1 aromatic heterocycles. The Morgan fingerprint density at radius 3 is 2.25 bits per heavy atom.